The van der Waals surface area contributed by atoms with E-state index in [2.05, 4.69) is 11.7 Å². The Balaban J connectivity index is 1.95. The zero-order valence-corrected chi connectivity index (χ0v) is 9.12. The molecule has 0 amide bonds. The van der Waals surface area contributed by atoms with Crippen molar-refractivity contribution in [2.75, 3.05) is 7.11 Å². The van der Waals surface area contributed by atoms with E-state index >= 15 is 0 Å². The Morgan fingerprint density at radius 2 is 2.07 bits per heavy atom. The Labute approximate surface area is 85.8 Å². The monoisotopic (exact) mass is 200 g/mol. The lowest BCUT2D eigenvalue weighted by atomic mass is 10.1. The molecular formula is C11H20O3. The topological polar surface area (TPSA) is 38.8 Å². The minimum absolute atomic E-state index is 0.143. The van der Waals surface area contributed by atoms with Crippen LogP contribution in [0.1, 0.15) is 45.4 Å². The van der Waals surface area contributed by atoms with Gasteiger partial charge < -0.3 is 9.47 Å². The Morgan fingerprint density at radius 1 is 1.29 bits per heavy atom. The Hall–Kier alpha value is -0.570. The second-order valence-electron chi connectivity index (χ2n) is 3.84. The molecule has 0 spiro atoms. The van der Waals surface area contributed by atoms with Crippen LogP contribution in [0.2, 0.25) is 0 Å². The van der Waals surface area contributed by atoms with E-state index in [0.717, 1.165) is 6.42 Å². The van der Waals surface area contributed by atoms with Crippen LogP contribution in [0, 0.1) is 0 Å². The summed E-state index contributed by atoms with van der Waals surface area (Å²) in [5.74, 6) is -0.161. The molecule has 0 aliphatic carbocycles. The van der Waals surface area contributed by atoms with Gasteiger partial charge in [0.05, 0.1) is 25.7 Å². The molecule has 14 heavy (non-hydrogen) atoms. The maximum absolute atomic E-state index is 10.9. The smallest absolute Gasteiger partial charge is 0.308 e. The average Bonchev–Trinajstić information content (AvgIpc) is 2.91. The molecule has 0 bridgehead atoms. The van der Waals surface area contributed by atoms with Crippen LogP contribution in [0.15, 0.2) is 0 Å². The molecule has 0 aromatic heterocycles. The van der Waals surface area contributed by atoms with Gasteiger partial charge in [-0.3, -0.25) is 4.79 Å². The summed E-state index contributed by atoms with van der Waals surface area (Å²) in [5, 5.41) is 0. The molecule has 82 valence electrons. The summed E-state index contributed by atoms with van der Waals surface area (Å²) in [6.07, 6.45) is 7.05. The number of carbonyl (C=O) groups is 1. The Morgan fingerprint density at radius 3 is 2.71 bits per heavy atom. The molecule has 2 atom stereocenters. The van der Waals surface area contributed by atoms with Crippen molar-refractivity contribution in [1.29, 1.82) is 0 Å². The normalized spacial score (nSPS) is 24.7. The maximum atomic E-state index is 10.9. The van der Waals surface area contributed by atoms with Gasteiger partial charge in [0.15, 0.2) is 0 Å². The van der Waals surface area contributed by atoms with Crippen LogP contribution in [-0.2, 0) is 14.3 Å². The van der Waals surface area contributed by atoms with E-state index in [0.29, 0.717) is 12.5 Å². The van der Waals surface area contributed by atoms with Gasteiger partial charge in [0, 0.05) is 0 Å². The zero-order chi connectivity index (χ0) is 10.4. The molecule has 3 heteroatoms. The molecule has 1 aliphatic heterocycles. The summed E-state index contributed by atoms with van der Waals surface area (Å²) < 4.78 is 9.94. The van der Waals surface area contributed by atoms with Gasteiger partial charge in [-0.25, -0.2) is 0 Å². The standard InChI is InChI=1S/C11H20O3/c1-3-4-5-6-7-9-10(14-9)8-11(12)13-2/h9-10H,3-8H2,1-2H3. The molecule has 0 saturated carbocycles. The van der Waals surface area contributed by atoms with E-state index in [1.807, 2.05) is 0 Å². The number of hydrogen-bond donors (Lipinski definition) is 0. The van der Waals surface area contributed by atoms with Crippen molar-refractivity contribution in [2.24, 2.45) is 0 Å². The summed E-state index contributed by atoms with van der Waals surface area (Å²) >= 11 is 0. The number of esters is 1. The van der Waals surface area contributed by atoms with E-state index in [1.165, 1.54) is 32.8 Å². The highest BCUT2D eigenvalue weighted by molar-refractivity contribution is 5.70. The number of hydrogen-bond acceptors (Lipinski definition) is 3. The molecule has 0 aromatic rings. The molecule has 1 saturated heterocycles. The van der Waals surface area contributed by atoms with Crippen molar-refractivity contribution in [1.82, 2.24) is 0 Å². The number of epoxide rings is 1. The van der Waals surface area contributed by atoms with Crippen LogP contribution < -0.4 is 0 Å². The molecule has 0 aromatic carbocycles. The number of unbranched alkanes of at least 4 members (excludes halogenated alkanes) is 3. The predicted octanol–water partition coefficient (Wildman–Crippen LogP) is 2.29. The van der Waals surface area contributed by atoms with Crippen LogP contribution >= 0.6 is 0 Å². The fraction of sp³-hybridized carbons (Fsp3) is 0.909. The number of carbonyl (C=O) groups excluding carboxylic acids is 1. The molecular weight excluding hydrogens is 180 g/mol. The minimum atomic E-state index is -0.161. The first-order valence-corrected chi connectivity index (χ1v) is 5.50. The average molecular weight is 200 g/mol. The SMILES string of the molecule is CCCCCCC1OC1CC(=O)OC. The number of ether oxygens (including phenoxy) is 2. The highest BCUT2D eigenvalue weighted by atomic mass is 16.6. The highest BCUT2D eigenvalue weighted by Gasteiger charge is 2.39. The van der Waals surface area contributed by atoms with Crippen molar-refractivity contribution in [2.45, 2.75) is 57.7 Å². The lowest BCUT2D eigenvalue weighted by Gasteiger charge is -1.96. The van der Waals surface area contributed by atoms with Gasteiger partial charge in [0.25, 0.3) is 0 Å². The summed E-state index contributed by atoms with van der Waals surface area (Å²) in [7, 11) is 1.42. The van der Waals surface area contributed by atoms with Gasteiger partial charge in [-0.05, 0) is 6.42 Å². The number of rotatable bonds is 7. The minimum Gasteiger partial charge on any atom is -0.469 e. The van der Waals surface area contributed by atoms with Crippen molar-refractivity contribution >= 4 is 5.97 Å². The van der Waals surface area contributed by atoms with Crippen molar-refractivity contribution in [3.63, 3.8) is 0 Å². The van der Waals surface area contributed by atoms with Crippen LogP contribution in [-0.4, -0.2) is 25.3 Å². The van der Waals surface area contributed by atoms with E-state index in [9.17, 15) is 4.79 Å². The van der Waals surface area contributed by atoms with Gasteiger partial charge in [0.2, 0.25) is 0 Å². The van der Waals surface area contributed by atoms with E-state index in [1.54, 1.807) is 0 Å². The first kappa shape index (κ1) is 11.5. The van der Waals surface area contributed by atoms with Crippen LogP contribution in [0.5, 0.6) is 0 Å². The molecule has 1 fully saturated rings. The fourth-order valence-corrected chi connectivity index (χ4v) is 1.63. The van der Waals surface area contributed by atoms with Gasteiger partial charge in [-0.2, -0.15) is 0 Å². The molecule has 1 heterocycles. The van der Waals surface area contributed by atoms with Crippen molar-refractivity contribution in [3.8, 4) is 0 Å². The van der Waals surface area contributed by atoms with Gasteiger partial charge >= 0.3 is 5.97 Å². The molecule has 2 unspecified atom stereocenters. The van der Waals surface area contributed by atoms with Gasteiger partial charge in [-0.15, -0.1) is 0 Å². The summed E-state index contributed by atoms with van der Waals surface area (Å²) in [6.45, 7) is 2.20. The van der Waals surface area contributed by atoms with E-state index < -0.39 is 0 Å². The third-order valence-electron chi connectivity index (χ3n) is 2.63. The lowest BCUT2D eigenvalue weighted by molar-refractivity contribution is -0.140. The number of methoxy groups -OCH3 is 1. The van der Waals surface area contributed by atoms with E-state index in [4.69, 9.17) is 4.74 Å². The lowest BCUT2D eigenvalue weighted by Crippen LogP contribution is -2.06. The van der Waals surface area contributed by atoms with Gasteiger partial charge in [0.1, 0.15) is 0 Å². The van der Waals surface area contributed by atoms with Crippen molar-refractivity contribution in [3.05, 3.63) is 0 Å². The van der Waals surface area contributed by atoms with Crippen LogP contribution in [0.4, 0.5) is 0 Å². The largest absolute Gasteiger partial charge is 0.469 e. The molecule has 1 rings (SSSR count). The zero-order valence-electron chi connectivity index (χ0n) is 9.12. The maximum Gasteiger partial charge on any atom is 0.308 e. The third kappa shape index (κ3) is 4.09. The third-order valence-corrected chi connectivity index (χ3v) is 2.63. The second-order valence-corrected chi connectivity index (χ2v) is 3.84. The summed E-state index contributed by atoms with van der Waals surface area (Å²) in [6, 6.07) is 0. The quantitative estimate of drug-likeness (QED) is 0.359. The van der Waals surface area contributed by atoms with E-state index in [-0.39, 0.29) is 12.1 Å². The molecule has 0 N–H and O–H groups in total. The second kappa shape index (κ2) is 6.02. The van der Waals surface area contributed by atoms with Crippen molar-refractivity contribution < 1.29 is 14.3 Å². The predicted molar refractivity (Wildman–Crippen MR) is 54.1 cm³/mol. The molecule has 3 nitrogen and oxygen atoms in total. The Bertz CT molecular complexity index is 179. The fourth-order valence-electron chi connectivity index (χ4n) is 1.63. The molecule has 0 radical (unpaired) electrons. The summed E-state index contributed by atoms with van der Waals surface area (Å²) in [4.78, 5) is 10.9. The summed E-state index contributed by atoms with van der Waals surface area (Å²) in [5.41, 5.74) is 0. The Kier molecular flexibility index (Phi) is 4.94. The van der Waals surface area contributed by atoms with Crippen LogP contribution in [0.25, 0.3) is 0 Å². The highest BCUT2D eigenvalue weighted by Crippen LogP contribution is 2.30. The van der Waals surface area contributed by atoms with Crippen LogP contribution in [0.3, 0.4) is 0 Å². The molecule has 1 aliphatic rings. The van der Waals surface area contributed by atoms with Gasteiger partial charge in [-0.1, -0.05) is 32.6 Å². The first-order chi connectivity index (χ1) is 6.77. The first-order valence-electron chi connectivity index (χ1n) is 5.50.